The predicted octanol–water partition coefficient (Wildman–Crippen LogP) is 3.75. The third kappa shape index (κ3) is 5.99. The van der Waals surface area contributed by atoms with Crippen molar-refractivity contribution in [1.82, 2.24) is 19.5 Å². The van der Waals surface area contributed by atoms with E-state index in [0.29, 0.717) is 5.56 Å². The highest BCUT2D eigenvalue weighted by Crippen LogP contribution is 2.46. The van der Waals surface area contributed by atoms with Gasteiger partial charge >= 0.3 is 11.9 Å². The normalized spacial score (nSPS) is 20.2. The van der Waals surface area contributed by atoms with Crippen LogP contribution in [0.5, 0.6) is 0 Å². The van der Waals surface area contributed by atoms with Crippen LogP contribution < -0.4 is 10.9 Å². The Morgan fingerprint density at radius 2 is 1.68 bits per heavy atom. The zero-order valence-electron chi connectivity index (χ0n) is 22.0. The molecule has 1 aliphatic heterocycles. The van der Waals surface area contributed by atoms with E-state index < -0.39 is 40.4 Å². The number of amides is 1. The smallest absolute Gasteiger partial charge is 0.338 e. The van der Waals surface area contributed by atoms with E-state index in [0.717, 1.165) is 11.8 Å². The fourth-order valence-corrected chi connectivity index (χ4v) is 5.65. The number of carbonyl (C=O) groups is 3. The zero-order chi connectivity index (χ0) is 29.1. The van der Waals surface area contributed by atoms with Crippen molar-refractivity contribution in [3.8, 4) is 0 Å². The Kier molecular flexibility index (Phi) is 8.15. The summed E-state index contributed by atoms with van der Waals surface area (Å²) in [7, 11) is 0. The van der Waals surface area contributed by atoms with E-state index in [2.05, 4.69) is 20.3 Å². The summed E-state index contributed by atoms with van der Waals surface area (Å²) in [5, 5.41) is 0.701. The fourth-order valence-electron chi connectivity index (χ4n) is 4.19. The third-order valence-electron chi connectivity index (χ3n) is 6.38. The molecule has 13 heteroatoms. The van der Waals surface area contributed by atoms with Crippen molar-refractivity contribution >= 4 is 46.7 Å². The van der Waals surface area contributed by atoms with Crippen molar-refractivity contribution in [3.63, 3.8) is 0 Å². The number of alkyl halides is 1. The first-order chi connectivity index (χ1) is 19.7. The van der Waals surface area contributed by atoms with Gasteiger partial charge in [-0.2, -0.15) is 4.98 Å². The molecule has 4 atom stereocenters. The van der Waals surface area contributed by atoms with Crippen LogP contribution in [-0.4, -0.2) is 61.5 Å². The Labute approximate surface area is 237 Å². The molecular formula is C28H26FN5O6S. The lowest BCUT2D eigenvalue weighted by atomic mass is 10.1. The van der Waals surface area contributed by atoms with Crippen LogP contribution in [0.2, 0.25) is 0 Å². The van der Waals surface area contributed by atoms with E-state index in [1.165, 1.54) is 10.9 Å². The van der Waals surface area contributed by atoms with Gasteiger partial charge in [0, 0.05) is 5.92 Å². The summed E-state index contributed by atoms with van der Waals surface area (Å²) in [5.74, 6) is -2.21. The number of hydrogen-bond acceptors (Lipinski definition) is 9. The van der Waals surface area contributed by atoms with E-state index in [4.69, 9.17) is 9.47 Å². The van der Waals surface area contributed by atoms with Gasteiger partial charge in [-0.1, -0.05) is 50.2 Å². The first-order valence-corrected chi connectivity index (χ1v) is 13.7. The molecule has 4 aromatic rings. The number of rotatable bonds is 8. The number of hydrogen-bond donors (Lipinski definition) is 2. The highest BCUT2D eigenvalue weighted by atomic mass is 32.2. The van der Waals surface area contributed by atoms with Crippen molar-refractivity contribution in [2.45, 2.75) is 36.7 Å². The average Bonchev–Trinajstić information content (AvgIpc) is 3.53. The number of H-pyrrole nitrogens is 1. The fraction of sp³-hybridized carbons (Fsp3) is 0.286. The molecule has 0 saturated carbocycles. The average molecular weight is 580 g/mol. The highest BCUT2D eigenvalue weighted by molar-refractivity contribution is 8.00. The highest BCUT2D eigenvalue weighted by Gasteiger charge is 2.49. The minimum absolute atomic E-state index is 0.0457. The van der Waals surface area contributed by atoms with Gasteiger partial charge < -0.3 is 9.47 Å². The van der Waals surface area contributed by atoms with Gasteiger partial charge in [-0.3, -0.25) is 24.5 Å². The van der Waals surface area contributed by atoms with Crippen LogP contribution in [0.3, 0.4) is 0 Å². The number of carbonyl (C=O) groups excluding carboxylic acids is 3. The first kappa shape index (κ1) is 28.0. The molecule has 2 aromatic heterocycles. The lowest BCUT2D eigenvalue weighted by molar-refractivity contribution is -0.118. The Hall–Kier alpha value is -4.52. The molecule has 3 heterocycles. The molecule has 2 unspecified atom stereocenters. The van der Waals surface area contributed by atoms with Crippen LogP contribution in [0.25, 0.3) is 11.2 Å². The summed E-state index contributed by atoms with van der Waals surface area (Å²) in [4.78, 5) is 61.4. The van der Waals surface area contributed by atoms with Crippen LogP contribution >= 0.6 is 11.8 Å². The number of imidazole rings is 1. The lowest BCUT2D eigenvalue weighted by Gasteiger charge is -2.22. The topological polar surface area (TPSA) is 145 Å². The molecule has 2 N–H and O–H groups in total. The summed E-state index contributed by atoms with van der Waals surface area (Å²) < 4.78 is 28.5. The second kappa shape index (κ2) is 11.9. The monoisotopic (exact) mass is 579 g/mol. The second-order valence-electron chi connectivity index (χ2n) is 9.59. The predicted molar refractivity (Wildman–Crippen MR) is 149 cm³/mol. The van der Waals surface area contributed by atoms with Gasteiger partial charge in [-0.05, 0) is 24.3 Å². The molecule has 1 fully saturated rings. The number of esters is 2. The SMILES string of the molecule is CC(C)C(=O)Nc1nc2c(ncn2[C@@H]2S[C@H](COC(=O)c3ccccc3)C(F)C2OC(=O)c2ccccc2)c(=O)[nH]1. The Morgan fingerprint density at radius 3 is 2.32 bits per heavy atom. The molecule has 0 spiro atoms. The maximum Gasteiger partial charge on any atom is 0.338 e. The van der Waals surface area contributed by atoms with Crippen molar-refractivity contribution in [2.75, 3.05) is 11.9 Å². The van der Waals surface area contributed by atoms with Gasteiger partial charge in [-0.15, -0.1) is 11.8 Å². The van der Waals surface area contributed by atoms with E-state index in [1.54, 1.807) is 74.5 Å². The van der Waals surface area contributed by atoms with Gasteiger partial charge in [0.15, 0.2) is 23.4 Å². The van der Waals surface area contributed by atoms with Crippen molar-refractivity contribution in [1.29, 1.82) is 0 Å². The van der Waals surface area contributed by atoms with Crippen LogP contribution in [-0.2, 0) is 14.3 Å². The number of benzene rings is 2. The van der Waals surface area contributed by atoms with Crippen LogP contribution in [0.15, 0.2) is 71.8 Å². The molecular weight excluding hydrogens is 553 g/mol. The summed E-state index contributed by atoms with van der Waals surface area (Å²) >= 11 is 1.06. The number of halogens is 1. The van der Waals surface area contributed by atoms with Crippen molar-refractivity contribution in [3.05, 3.63) is 88.5 Å². The first-order valence-electron chi connectivity index (χ1n) is 12.8. The number of anilines is 1. The van der Waals surface area contributed by atoms with E-state index >= 15 is 4.39 Å². The molecule has 212 valence electrons. The number of aromatic nitrogens is 4. The van der Waals surface area contributed by atoms with E-state index in [1.807, 2.05) is 0 Å². The lowest BCUT2D eigenvalue weighted by Crippen LogP contribution is -2.35. The van der Waals surface area contributed by atoms with E-state index in [-0.39, 0.29) is 41.1 Å². The molecule has 41 heavy (non-hydrogen) atoms. The van der Waals surface area contributed by atoms with Gasteiger partial charge in [0.25, 0.3) is 5.56 Å². The number of fused-ring (bicyclic) bond motifs is 1. The quantitative estimate of drug-likeness (QED) is 0.298. The van der Waals surface area contributed by atoms with Crippen molar-refractivity contribution < 1.29 is 28.2 Å². The molecule has 2 aromatic carbocycles. The van der Waals surface area contributed by atoms with Crippen molar-refractivity contribution in [2.24, 2.45) is 5.92 Å². The third-order valence-corrected chi connectivity index (χ3v) is 7.90. The molecule has 11 nitrogen and oxygen atoms in total. The number of nitrogens with zero attached hydrogens (tertiary/aromatic N) is 3. The number of ether oxygens (including phenoxy) is 2. The number of aromatic amines is 1. The molecule has 1 amide bonds. The zero-order valence-corrected chi connectivity index (χ0v) is 22.8. The minimum Gasteiger partial charge on any atom is -0.461 e. The minimum atomic E-state index is -1.75. The molecule has 5 rings (SSSR count). The summed E-state index contributed by atoms with van der Waals surface area (Å²) in [6, 6.07) is 16.4. The summed E-state index contributed by atoms with van der Waals surface area (Å²) in [6.07, 6.45) is -1.80. The van der Waals surface area contributed by atoms with Gasteiger partial charge in [-0.25, -0.2) is 19.0 Å². The van der Waals surface area contributed by atoms with Gasteiger partial charge in [0.05, 0.1) is 22.7 Å². The maximum atomic E-state index is 16.0. The Bertz CT molecular complexity index is 1630. The maximum absolute atomic E-state index is 16.0. The number of nitrogens with one attached hydrogen (secondary N) is 2. The van der Waals surface area contributed by atoms with E-state index in [9.17, 15) is 19.2 Å². The van der Waals surface area contributed by atoms with Gasteiger partial charge in [0.2, 0.25) is 11.9 Å². The number of thioether (sulfide) groups is 1. The summed E-state index contributed by atoms with van der Waals surface area (Å²) in [6.45, 7) is 3.07. The Balaban J connectivity index is 1.46. The standard InChI is InChI=1S/C28H26FN5O6S/c1-15(2)23(35)32-28-31-22-20(24(36)33-28)30-14-34(22)25-21(40-27(38)17-11-7-4-8-12-17)19(29)18(41-25)13-39-26(37)16-9-5-3-6-10-16/h3-12,14-15,18-19,21,25H,13H2,1-2H3,(H2,31,32,33,35,36)/t18-,19?,21?,25-/m1/s1. The van der Waals surface area contributed by atoms with Crippen LogP contribution in [0, 0.1) is 5.92 Å². The van der Waals surface area contributed by atoms with Crippen LogP contribution in [0.4, 0.5) is 10.3 Å². The van der Waals surface area contributed by atoms with Crippen LogP contribution in [0.1, 0.15) is 39.9 Å². The Morgan fingerprint density at radius 1 is 1.05 bits per heavy atom. The molecule has 0 aliphatic carbocycles. The molecule has 0 radical (unpaired) electrons. The molecule has 1 saturated heterocycles. The largest absolute Gasteiger partial charge is 0.461 e. The summed E-state index contributed by atoms with van der Waals surface area (Å²) in [5.41, 5.74) is -0.0599. The molecule has 1 aliphatic rings. The van der Waals surface area contributed by atoms with Gasteiger partial charge in [0.1, 0.15) is 12.0 Å². The second-order valence-corrected chi connectivity index (χ2v) is 11.0. The molecule has 0 bridgehead atoms.